The first-order valence-corrected chi connectivity index (χ1v) is 5.67. The molecule has 0 aromatic heterocycles. The van der Waals surface area contributed by atoms with Crippen LogP contribution in [0, 0.1) is 5.41 Å². The molecular weight excluding hydrogens is 168 g/mol. The van der Waals surface area contributed by atoms with Crippen molar-refractivity contribution in [3.8, 4) is 0 Å². The zero-order valence-corrected chi connectivity index (χ0v) is 8.49. The molecule has 2 nitrogen and oxygen atoms in total. The average Bonchev–Trinajstić information content (AvgIpc) is 2.51. The van der Waals surface area contributed by atoms with E-state index in [-0.39, 0.29) is 5.25 Å². The third-order valence-corrected chi connectivity index (χ3v) is 4.15. The van der Waals surface area contributed by atoms with Gasteiger partial charge in [-0.05, 0) is 19.3 Å². The number of rotatable bonds is 4. The van der Waals surface area contributed by atoms with Crippen LogP contribution < -0.4 is 5.73 Å². The van der Waals surface area contributed by atoms with E-state index in [1.807, 2.05) is 11.8 Å². The van der Waals surface area contributed by atoms with E-state index in [0.29, 0.717) is 5.84 Å². The maximum Gasteiger partial charge on any atom is 0.104 e. The Labute approximate surface area is 78.8 Å². The fraction of sp³-hybridized carbons (Fsp3) is 0.889. The van der Waals surface area contributed by atoms with Crippen molar-refractivity contribution in [3.05, 3.63) is 0 Å². The Balaban J connectivity index is 2.30. The van der Waals surface area contributed by atoms with E-state index in [0.717, 1.165) is 11.7 Å². The summed E-state index contributed by atoms with van der Waals surface area (Å²) in [6.45, 7) is 2.11. The Morgan fingerprint density at radius 3 is 2.58 bits per heavy atom. The minimum absolute atomic E-state index is 0.271. The zero-order chi connectivity index (χ0) is 8.97. The second kappa shape index (κ2) is 4.75. The zero-order valence-electron chi connectivity index (χ0n) is 7.68. The lowest BCUT2D eigenvalue weighted by Crippen LogP contribution is -2.26. The molecule has 0 bridgehead atoms. The van der Waals surface area contributed by atoms with Gasteiger partial charge >= 0.3 is 0 Å². The second-order valence-corrected chi connectivity index (χ2v) is 4.90. The van der Waals surface area contributed by atoms with Gasteiger partial charge < -0.3 is 5.73 Å². The molecular formula is C9H18N2S. The van der Waals surface area contributed by atoms with Gasteiger partial charge in [-0.15, -0.1) is 11.8 Å². The smallest absolute Gasteiger partial charge is 0.104 e. The summed E-state index contributed by atoms with van der Waals surface area (Å²) in [6, 6.07) is 0. The van der Waals surface area contributed by atoms with E-state index in [4.69, 9.17) is 11.1 Å². The van der Waals surface area contributed by atoms with Crippen LogP contribution in [0.15, 0.2) is 0 Å². The lowest BCUT2D eigenvalue weighted by atomic mass is 10.3. The molecule has 1 aliphatic rings. The van der Waals surface area contributed by atoms with Crippen molar-refractivity contribution in [1.82, 2.24) is 0 Å². The first-order valence-electron chi connectivity index (χ1n) is 4.73. The van der Waals surface area contributed by atoms with Gasteiger partial charge in [0.2, 0.25) is 0 Å². The summed E-state index contributed by atoms with van der Waals surface area (Å²) in [5, 5.41) is 8.42. The van der Waals surface area contributed by atoms with Crippen molar-refractivity contribution in [1.29, 1.82) is 5.41 Å². The Morgan fingerprint density at radius 1 is 1.58 bits per heavy atom. The van der Waals surface area contributed by atoms with E-state index in [2.05, 4.69) is 6.92 Å². The van der Waals surface area contributed by atoms with E-state index in [9.17, 15) is 0 Å². The van der Waals surface area contributed by atoms with Crippen molar-refractivity contribution < 1.29 is 0 Å². The quantitative estimate of drug-likeness (QED) is 0.523. The van der Waals surface area contributed by atoms with Gasteiger partial charge in [0.25, 0.3) is 0 Å². The van der Waals surface area contributed by atoms with E-state index in [1.54, 1.807) is 0 Å². The number of hydrogen-bond donors (Lipinski definition) is 2. The predicted molar refractivity (Wildman–Crippen MR) is 55.8 cm³/mol. The highest BCUT2D eigenvalue weighted by Gasteiger charge is 2.20. The molecule has 70 valence electrons. The molecule has 1 aliphatic carbocycles. The van der Waals surface area contributed by atoms with Crippen LogP contribution in [0.5, 0.6) is 0 Å². The van der Waals surface area contributed by atoms with Gasteiger partial charge in [0.15, 0.2) is 0 Å². The van der Waals surface area contributed by atoms with Crippen molar-refractivity contribution in [3.63, 3.8) is 0 Å². The normalized spacial score (nSPS) is 21.1. The SMILES string of the molecule is CCC(SC1CCCC1)C(=N)N. The number of nitrogens with one attached hydrogen (secondary N) is 1. The third kappa shape index (κ3) is 2.70. The van der Waals surface area contributed by atoms with Gasteiger partial charge in [-0.1, -0.05) is 19.8 Å². The molecule has 0 spiro atoms. The molecule has 1 atom stereocenters. The standard InChI is InChI=1S/C9H18N2S/c1-2-8(9(10)11)12-7-5-3-4-6-7/h7-8H,2-6H2,1H3,(H3,10,11). The second-order valence-electron chi connectivity index (χ2n) is 3.39. The fourth-order valence-corrected chi connectivity index (χ4v) is 3.06. The maximum atomic E-state index is 7.37. The average molecular weight is 186 g/mol. The number of amidine groups is 1. The molecule has 0 aromatic carbocycles. The summed E-state index contributed by atoms with van der Waals surface area (Å²) in [4.78, 5) is 0. The summed E-state index contributed by atoms with van der Waals surface area (Å²) in [5.74, 6) is 0.356. The van der Waals surface area contributed by atoms with Crippen molar-refractivity contribution in [2.45, 2.75) is 49.5 Å². The van der Waals surface area contributed by atoms with Gasteiger partial charge in [0.05, 0.1) is 5.25 Å². The molecule has 0 heterocycles. The van der Waals surface area contributed by atoms with Gasteiger partial charge in [-0.3, -0.25) is 5.41 Å². The van der Waals surface area contributed by atoms with Crippen LogP contribution in [0.25, 0.3) is 0 Å². The maximum absolute atomic E-state index is 7.37. The van der Waals surface area contributed by atoms with Crippen LogP contribution in [-0.2, 0) is 0 Å². The molecule has 0 aliphatic heterocycles. The molecule has 1 rings (SSSR count). The minimum Gasteiger partial charge on any atom is -0.387 e. The topological polar surface area (TPSA) is 49.9 Å². The van der Waals surface area contributed by atoms with Gasteiger partial charge in [-0.25, -0.2) is 0 Å². The highest BCUT2D eigenvalue weighted by atomic mass is 32.2. The van der Waals surface area contributed by atoms with E-state index < -0.39 is 0 Å². The van der Waals surface area contributed by atoms with Crippen molar-refractivity contribution in [2.75, 3.05) is 0 Å². The minimum atomic E-state index is 0.271. The Bertz CT molecular complexity index is 153. The predicted octanol–water partition coefficient (Wildman–Crippen LogP) is 2.38. The Morgan fingerprint density at radius 2 is 2.17 bits per heavy atom. The summed E-state index contributed by atoms with van der Waals surface area (Å²) in [7, 11) is 0. The first kappa shape index (κ1) is 9.90. The van der Waals surface area contributed by atoms with Gasteiger partial charge in [-0.2, -0.15) is 0 Å². The Kier molecular flexibility index (Phi) is 3.92. The van der Waals surface area contributed by atoms with Crippen LogP contribution in [0.1, 0.15) is 39.0 Å². The first-order chi connectivity index (χ1) is 5.74. The van der Waals surface area contributed by atoms with E-state index in [1.165, 1.54) is 25.7 Å². The van der Waals surface area contributed by atoms with Crippen LogP contribution in [0.3, 0.4) is 0 Å². The molecule has 3 heteroatoms. The molecule has 12 heavy (non-hydrogen) atoms. The molecule has 0 saturated heterocycles. The van der Waals surface area contributed by atoms with Gasteiger partial charge in [0, 0.05) is 5.25 Å². The lowest BCUT2D eigenvalue weighted by molar-refractivity contribution is 0.886. The largest absolute Gasteiger partial charge is 0.387 e. The summed E-state index contributed by atoms with van der Waals surface area (Å²) >= 11 is 1.91. The Hall–Kier alpha value is -0.180. The third-order valence-electron chi connectivity index (χ3n) is 2.38. The molecule has 0 amide bonds. The highest BCUT2D eigenvalue weighted by molar-refractivity contribution is 8.01. The van der Waals surface area contributed by atoms with E-state index >= 15 is 0 Å². The molecule has 3 N–H and O–H groups in total. The van der Waals surface area contributed by atoms with Crippen LogP contribution in [0.2, 0.25) is 0 Å². The number of hydrogen-bond acceptors (Lipinski definition) is 2. The number of thioether (sulfide) groups is 1. The molecule has 0 radical (unpaired) electrons. The summed E-state index contributed by atoms with van der Waals surface area (Å²) < 4.78 is 0. The van der Waals surface area contributed by atoms with Crippen LogP contribution in [0.4, 0.5) is 0 Å². The van der Waals surface area contributed by atoms with Gasteiger partial charge in [0.1, 0.15) is 5.84 Å². The molecule has 0 aromatic rings. The highest BCUT2D eigenvalue weighted by Crippen LogP contribution is 2.33. The van der Waals surface area contributed by atoms with Crippen molar-refractivity contribution in [2.24, 2.45) is 5.73 Å². The summed E-state index contributed by atoms with van der Waals surface area (Å²) in [5.41, 5.74) is 5.49. The van der Waals surface area contributed by atoms with Crippen LogP contribution in [-0.4, -0.2) is 16.3 Å². The molecule has 1 unspecified atom stereocenters. The number of nitrogens with two attached hydrogens (primary N) is 1. The van der Waals surface area contributed by atoms with Crippen LogP contribution >= 0.6 is 11.8 Å². The molecule has 1 fully saturated rings. The summed E-state index contributed by atoms with van der Waals surface area (Å²) in [6.07, 6.45) is 6.39. The molecule has 1 saturated carbocycles. The van der Waals surface area contributed by atoms with Crippen molar-refractivity contribution >= 4 is 17.6 Å². The fourth-order valence-electron chi connectivity index (χ4n) is 1.65. The monoisotopic (exact) mass is 186 g/mol. The lowest BCUT2D eigenvalue weighted by Gasteiger charge is -2.16.